The van der Waals surface area contributed by atoms with E-state index in [9.17, 15) is 4.79 Å². The van der Waals surface area contributed by atoms with E-state index in [1.165, 1.54) is 0 Å². The molecule has 0 saturated carbocycles. The Labute approximate surface area is 113 Å². The largest absolute Gasteiger partial charge is 0.350 e. The number of amides is 1. The molecule has 1 unspecified atom stereocenters. The zero-order chi connectivity index (χ0) is 10.5. The van der Waals surface area contributed by atoms with Crippen molar-refractivity contribution in [3.05, 3.63) is 30.1 Å². The molecule has 1 aliphatic rings. The average Bonchev–Trinajstić information content (AvgIpc) is 2.81. The molecule has 1 aromatic rings. The molecule has 6 heteroatoms. The van der Waals surface area contributed by atoms with Crippen molar-refractivity contribution in [1.29, 1.82) is 0 Å². The lowest BCUT2D eigenvalue weighted by molar-refractivity contribution is -0.124. The lowest BCUT2D eigenvalue weighted by atomic mass is 10.1. The third-order valence-corrected chi connectivity index (χ3v) is 2.60. The molecular weight excluding hydrogens is 261 g/mol. The molecule has 2 heterocycles. The van der Waals surface area contributed by atoms with Crippen molar-refractivity contribution in [2.24, 2.45) is 5.92 Å². The molecule has 4 nitrogen and oxygen atoms in total. The van der Waals surface area contributed by atoms with Crippen molar-refractivity contribution >= 4 is 30.7 Å². The fraction of sp³-hybridized carbons (Fsp3) is 0.455. The van der Waals surface area contributed by atoms with Crippen LogP contribution in [0, 0.1) is 5.92 Å². The topological polar surface area (TPSA) is 54.0 Å². The lowest BCUT2D eigenvalue weighted by Gasteiger charge is -2.08. The van der Waals surface area contributed by atoms with Gasteiger partial charge in [-0.15, -0.1) is 24.8 Å². The number of hydrogen-bond acceptors (Lipinski definition) is 3. The predicted molar refractivity (Wildman–Crippen MR) is 71.6 cm³/mol. The van der Waals surface area contributed by atoms with Crippen LogP contribution in [-0.2, 0) is 11.3 Å². The van der Waals surface area contributed by atoms with E-state index < -0.39 is 0 Å². The van der Waals surface area contributed by atoms with E-state index in [1.54, 1.807) is 6.20 Å². The van der Waals surface area contributed by atoms with Crippen LogP contribution in [0.3, 0.4) is 0 Å². The standard InChI is InChI=1S/C11H15N3O.2ClH/c15-11(9-4-6-12-7-9)14-8-10-3-1-2-5-13-10;;/h1-3,5,9,12H,4,6-8H2,(H,14,15);2*1H. The van der Waals surface area contributed by atoms with Crippen LogP contribution >= 0.6 is 24.8 Å². The summed E-state index contributed by atoms with van der Waals surface area (Å²) in [6, 6.07) is 5.70. The van der Waals surface area contributed by atoms with Gasteiger partial charge in [0, 0.05) is 12.7 Å². The van der Waals surface area contributed by atoms with Gasteiger partial charge in [0.25, 0.3) is 0 Å². The summed E-state index contributed by atoms with van der Waals surface area (Å²) < 4.78 is 0. The van der Waals surface area contributed by atoms with Crippen LogP contribution in [0.2, 0.25) is 0 Å². The SMILES string of the molecule is Cl.Cl.O=C(NCc1ccccn1)C1CCNC1. The highest BCUT2D eigenvalue weighted by Gasteiger charge is 2.21. The van der Waals surface area contributed by atoms with Crippen molar-refractivity contribution in [3.63, 3.8) is 0 Å². The van der Waals surface area contributed by atoms with Crippen molar-refractivity contribution in [2.45, 2.75) is 13.0 Å². The number of carbonyl (C=O) groups excluding carboxylic acids is 1. The van der Waals surface area contributed by atoms with Gasteiger partial charge in [-0.1, -0.05) is 6.07 Å². The maximum Gasteiger partial charge on any atom is 0.224 e. The highest BCUT2D eigenvalue weighted by atomic mass is 35.5. The summed E-state index contributed by atoms with van der Waals surface area (Å²) in [4.78, 5) is 15.8. The number of pyridine rings is 1. The molecule has 17 heavy (non-hydrogen) atoms. The summed E-state index contributed by atoms with van der Waals surface area (Å²) in [5.74, 6) is 0.263. The Morgan fingerprint density at radius 1 is 1.47 bits per heavy atom. The summed E-state index contributed by atoms with van der Waals surface area (Å²) in [5.41, 5.74) is 0.900. The first kappa shape index (κ1) is 16.2. The molecule has 0 spiro atoms. The first-order chi connectivity index (χ1) is 7.36. The zero-order valence-corrected chi connectivity index (χ0v) is 11.0. The second kappa shape index (κ2) is 8.28. The third-order valence-electron chi connectivity index (χ3n) is 2.60. The van der Waals surface area contributed by atoms with Crippen molar-refractivity contribution in [1.82, 2.24) is 15.6 Å². The van der Waals surface area contributed by atoms with Gasteiger partial charge >= 0.3 is 0 Å². The average molecular weight is 278 g/mol. The monoisotopic (exact) mass is 277 g/mol. The molecule has 2 rings (SSSR count). The zero-order valence-electron chi connectivity index (χ0n) is 9.39. The summed E-state index contributed by atoms with van der Waals surface area (Å²) in [5, 5.41) is 6.07. The van der Waals surface area contributed by atoms with Gasteiger partial charge in [-0.25, -0.2) is 0 Å². The summed E-state index contributed by atoms with van der Waals surface area (Å²) in [7, 11) is 0. The van der Waals surface area contributed by atoms with Gasteiger partial charge in [0.15, 0.2) is 0 Å². The molecule has 0 aliphatic carbocycles. The van der Waals surface area contributed by atoms with E-state index in [1.807, 2.05) is 18.2 Å². The number of aromatic nitrogens is 1. The minimum absolute atomic E-state index is 0. The fourth-order valence-electron chi connectivity index (χ4n) is 1.70. The molecule has 96 valence electrons. The van der Waals surface area contributed by atoms with Crippen molar-refractivity contribution in [3.8, 4) is 0 Å². The Bertz CT molecular complexity index is 329. The van der Waals surface area contributed by atoms with Crippen LogP contribution in [-0.4, -0.2) is 24.0 Å². The van der Waals surface area contributed by atoms with Gasteiger partial charge in [-0.3, -0.25) is 9.78 Å². The molecule has 1 atom stereocenters. The summed E-state index contributed by atoms with van der Waals surface area (Å²) >= 11 is 0. The first-order valence-corrected chi connectivity index (χ1v) is 5.24. The minimum atomic E-state index is 0. The Morgan fingerprint density at radius 3 is 2.88 bits per heavy atom. The number of rotatable bonds is 3. The first-order valence-electron chi connectivity index (χ1n) is 5.24. The molecule has 1 amide bonds. The van der Waals surface area contributed by atoms with Crippen molar-refractivity contribution in [2.75, 3.05) is 13.1 Å². The van der Waals surface area contributed by atoms with Crippen LogP contribution in [0.25, 0.3) is 0 Å². The van der Waals surface area contributed by atoms with Gasteiger partial charge in [0.05, 0.1) is 18.2 Å². The molecule has 0 bridgehead atoms. The van der Waals surface area contributed by atoms with Crippen LogP contribution < -0.4 is 10.6 Å². The van der Waals surface area contributed by atoms with E-state index in [0.29, 0.717) is 6.54 Å². The second-order valence-electron chi connectivity index (χ2n) is 3.73. The van der Waals surface area contributed by atoms with Crippen molar-refractivity contribution < 1.29 is 4.79 Å². The summed E-state index contributed by atoms with van der Waals surface area (Å²) in [6.07, 6.45) is 2.67. The molecule has 1 fully saturated rings. The van der Waals surface area contributed by atoms with Gasteiger partial charge in [-0.05, 0) is 25.1 Å². The molecule has 1 aromatic heterocycles. The van der Waals surface area contributed by atoms with E-state index in [4.69, 9.17) is 0 Å². The highest BCUT2D eigenvalue weighted by Crippen LogP contribution is 2.07. The Hall–Kier alpha value is -0.840. The third kappa shape index (κ3) is 4.89. The number of carbonyl (C=O) groups is 1. The quantitative estimate of drug-likeness (QED) is 0.872. The number of nitrogens with zero attached hydrogens (tertiary/aromatic N) is 1. The second-order valence-corrected chi connectivity index (χ2v) is 3.73. The Kier molecular flexibility index (Phi) is 7.87. The maximum atomic E-state index is 11.6. The molecule has 1 aliphatic heterocycles. The van der Waals surface area contributed by atoms with Crippen LogP contribution in [0.15, 0.2) is 24.4 Å². The van der Waals surface area contributed by atoms with Crippen LogP contribution in [0.4, 0.5) is 0 Å². The van der Waals surface area contributed by atoms with E-state index >= 15 is 0 Å². The lowest BCUT2D eigenvalue weighted by Crippen LogP contribution is -2.31. The fourth-order valence-corrected chi connectivity index (χ4v) is 1.70. The van der Waals surface area contributed by atoms with Gasteiger partial charge in [-0.2, -0.15) is 0 Å². The van der Waals surface area contributed by atoms with Crippen LogP contribution in [0.1, 0.15) is 12.1 Å². The Morgan fingerprint density at radius 2 is 2.29 bits per heavy atom. The van der Waals surface area contributed by atoms with E-state index in [-0.39, 0.29) is 36.6 Å². The molecular formula is C11H17Cl2N3O. The van der Waals surface area contributed by atoms with Gasteiger partial charge < -0.3 is 10.6 Å². The molecule has 0 radical (unpaired) electrons. The van der Waals surface area contributed by atoms with Crippen LogP contribution in [0.5, 0.6) is 0 Å². The molecule has 2 N–H and O–H groups in total. The Balaban J connectivity index is 0.00000128. The number of nitrogens with one attached hydrogen (secondary N) is 2. The predicted octanol–water partition coefficient (Wildman–Crippen LogP) is 1.15. The normalized spacial score (nSPS) is 17.8. The maximum absolute atomic E-state index is 11.6. The smallest absolute Gasteiger partial charge is 0.224 e. The van der Waals surface area contributed by atoms with Gasteiger partial charge in [0.1, 0.15) is 0 Å². The molecule has 1 saturated heterocycles. The number of hydrogen-bond donors (Lipinski definition) is 2. The minimum Gasteiger partial charge on any atom is -0.350 e. The van der Waals surface area contributed by atoms with E-state index in [0.717, 1.165) is 25.2 Å². The number of halogens is 2. The summed E-state index contributed by atoms with van der Waals surface area (Å²) in [6.45, 7) is 2.27. The molecule has 0 aromatic carbocycles. The van der Waals surface area contributed by atoms with Gasteiger partial charge in [0.2, 0.25) is 5.91 Å². The highest BCUT2D eigenvalue weighted by molar-refractivity contribution is 5.85. The van der Waals surface area contributed by atoms with E-state index in [2.05, 4.69) is 15.6 Å².